The summed E-state index contributed by atoms with van der Waals surface area (Å²) in [5.41, 5.74) is 0.533. The molecular formula is C13H28N2. The standard InChI is InChI=1S/C13H28N2/c1-4-13(8-7-9-13)15-11-6-5-10-14-12(2)3/h12,14-15H,4-11H2,1-3H3. The van der Waals surface area contributed by atoms with Crippen LogP contribution in [0.1, 0.15) is 59.3 Å². The first-order chi connectivity index (χ1) is 7.18. The molecule has 0 heterocycles. The molecule has 0 bridgehead atoms. The normalized spacial score (nSPS) is 19.2. The highest BCUT2D eigenvalue weighted by Crippen LogP contribution is 2.34. The van der Waals surface area contributed by atoms with Crippen molar-refractivity contribution >= 4 is 0 Å². The molecule has 0 aromatic heterocycles. The molecule has 0 unspecified atom stereocenters. The number of nitrogens with one attached hydrogen (secondary N) is 2. The Morgan fingerprint density at radius 2 is 1.80 bits per heavy atom. The lowest BCUT2D eigenvalue weighted by atomic mass is 9.75. The average Bonchev–Trinajstić information content (AvgIpc) is 2.14. The van der Waals surface area contributed by atoms with Gasteiger partial charge in [-0.15, -0.1) is 0 Å². The summed E-state index contributed by atoms with van der Waals surface area (Å²) in [5, 5.41) is 7.20. The van der Waals surface area contributed by atoms with E-state index in [1.54, 1.807) is 0 Å². The monoisotopic (exact) mass is 212 g/mol. The van der Waals surface area contributed by atoms with Crippen LogP contribution in [0.15, 0.2) is 0 Å². The third-order valence-electron chi connectivity index (χ3n) is 3.64. The Morgan fingerprint density at radius 3 is 2.27 bits per heavy atom. The second-order valence-corrected chi connectivity index (χ2v) is 5.23. The van der Waals surface area contributed by atoms with Gasteiger partial charge in [-0.05, 0) is 51.6 Å². The Morgan fingerprint density at radius 1 is 1.13 bits per heavy atom. The predicted octanol–water partition coefficient (Wildman–Crippen LogP) is 2.69. The minimum Gasteiger partial charge on any atom is -0.315 e. The van der Waals surface area contributed by atoms with E-state index in [-0.39, 0.29) is 0 Å². The summed E-state index contributed by atoms with van der Waals surface area (Å²) < 4.78 is 0. The highest BCUT2D eigenvalue weighted by atomic mass is 15.0. The highest BCUT2D eigenvalue weighted by Gasteiger charge is 2.33. The van der Waals surface area contributed by atoms with Crippen LogP contribution in [0.3, 0.4) is 0 Å². The molecule has 90 valence electrons. The minimum atomic E-state index is 0.533. The molecule has 0 amide bonds. The lowest BCUT2D eigenvalue weighted by Gasteiger charge is -2.42. The quantitative estimate of drug-likeness (QED) is 0.605. The van der Waals surface area contributed by atoms with Gasteiger partial charge in [-0.3, -0.25) is 0 Å². The zero-order valence-electron chi connectivity index (χ0n) is 10.7. The molecule has 0 atom stereocenters. The number of hydrogen-bond donors (Lipinski definition) is 2. The molecule has 1 aliphatic rings. The smallest absolute Gasteiger partial charge is 0.0178 e. The maximum absolute atomic E-state index is 3.74. The fourth-order valence-electron chi connectivity index (χ4n) is 2.25. The van der Waals surface area contributed by atoms with E-state index in [1.165, 1.54) is 51.6 Å². The van der Waals surface area contributed by atoms with Crippen molar-refractivity contribution in [2.45, 2.75) is 70.9 Å². The van der Waals surface area contributed by atoms with Crippen LogP contribution in [0, 0.1) is 0 Å². The molecule has 1 saturated carbocycles. The van der Waals surface area contributed by atoms with Crippen molar-refractivity contribution in [3.05, 3.63) is 0 Å². The van der Waals surface area contributed by atoms with Crippen LogP contribution in [0.5, 0.6) is 0 Å². The Bertz CT molecular complexity index is 156. The summed E-state index contributed by atoms with van der Waals surface area (Å²) in [5.74, 6) is 0. The van der Waals surface area contributed by atoms with Crippen molar-refractivity contribution < 1.29 is 0 Å². The van der Waals surface area contributed by atoms with Gasteiger partial charge < -0.3 is 10.6 Å². The van der Waals surface area contributed by atoms with Crippen molar-refractivity contribution in [1.29, 1.82) is 0 Å². The summed E-state index contributed by atoms with van der Waals surface area (Å²) in [6, 6.07) is 0.631. The molecule has 0 aromatic carbocycles. The average molecular weight is 212 g/mol. The topological polar surface area (TPSA) is 24.1 Å². The van der Waals surface area contributed by atoms with E-state index in [1.807, 2.05) is 0 Å². The van der Waals surface area contributed by atoms with E-state index in [9.17, 15) is 0 Å². The summed E-state index contributed by atoms with van der Waals surface area (Å²) in [6.45, 7) is 9.09. The van der Waals surface area contributed by atoms with Crippen LogP contribution in [-0.2, 0) is 0 Å². The largest absolute Gasteiger partial charge is 0.315 e. The Balaban J connectivity index is 1.92. The molecule has 0 saturated heterocycles. The van der Waals surface area contributed by atoms with Gasteiger partial charge in [0.15, 0.2) is 0 Å². The predicted molar refractivity (Wildman–Crippen MR) is 67.2 cm³/mol. The maximum atomic E-state index is 3.74. The molecule has 2 nitrogen and oxygen atoms in total. The van der Waals surface area contributed by atoms with Crippen LogP contribution in [-0.4, -0.2) is 24.7 Å². The molecule has 1 fully saturated rings. The Hall–Kier alpha value is -0.0800. The van der Waals surface area contributed by atoms with Gasteiger partial charge in [0.05, 0.1) is 0 Å². The van der Waals surface area contributed by atoms with Crippen LogP contribution >= 0.6 is 0 Å². The lowest BCUT2D eigenvalue weighted by molar-refractivity contribution is 0.177. The summed E-state index contributed by atoms with van der Waals surface area (Å²) >= 11 is 0. The molecule has 0 aromatic rings. The third kappa shape index (κ3) is 4.52. The van der Waals surface area contributed by atoms with Crippen molar-refractivity contribution in [1.82, 2.24) is 10.6 Å². The van der Waals surface area contributed by atoms with Gasteiger partial charge in [0.2, 0.25) is 0 Å². The minimum absolute atomic E-state index is 0.533. The van der Waals surface area contributed by atoms with Crippen molar-refractivity contribution in [2.24, 2.45) is 0 Å². The molecule has 1 aliphatic carbocycles. The summed E-state index contributed by atoms with van der Waals surface area (Å²) in [6.07, 6.45) is 8.13. The van der Waals surface area contributed by atoms with Gasteiger partial charge in [0.25, 0.3) is 0 Å². The summed E-state index contributed by atoms with van der Waals surface area (Å²) in [7, 11) is 0. The fourth-order valence-corrected chi connectivity index (χ4v) is 2.25. The zero-order chi connectivity index (χ0) is 11.1. The van der Waals surface area contributed by atoms with Crippen molar-refractivity contribution in [3.63, 3.8) is 0 Å². The molecule has 0 radical (unpaired) electrons. The van der Waals surface area contributed by atoms with Gasteiger partial charge >= 0.3 is 0 Å². The van der Waals surface area contributed by atoms with Gasteiger partial charge in [0, 0.05) is 11.6 Å². The van der Waals surface area contributed by atoms with Crippen LogP contribution < -0.4 is 10.6 Å². The van der Waals surface area contributed by atoms with Crippen molar-refractivity contribution in [3.8, 4) is 0 Å². The van der Waals surface area contributed by atoms with Crippen LogP contribution in [0.2, 0.25) is 0 Å². The third-order valence-corrected chi connectivity index (χ3v) is 3.64. The van der Waals surface area contributed by atoms with E-state index in [2.05, 4.69) is 31.4 Å². The lowest BCUT2D eigenvalue weighted by Crippen LogP contribution is -2.50. The molecular weight excluding hydrogens is 184 g/mol. The number of unbranched alkanes of at least 4 members (excludes halogenated alkanes) is 1. The fraction of sp³-hybridized carbons (Fsp3) is 1.00. The molecule has 15 heavy (non-hydrogen) atoms. The second-order valence-electron chi connectivity index (χ2n) is 5.23. The maximum Gasteiger partial charge on any atom is 0.0178 e. The van der Waals surface area contributed by atoms with E-state index in [0.717, 1.165) is 0 Å². The van der Waals surface area contributed by atoms with Gasteiger partial charge in [-0.25, -0.2) is 0 Å². The van der Waals surface area contributed by atoms with Gasteiger partial charge in [0.1, 0.15) is 0 Å². The van der Waals surface area contributed by atoms with Crippen LogP contribution in [0.4, 0.5) is 0 Å². The Kier molecular flexibility index (Phi) is 5.62. The Labute approximate surface area is 95.2 Å². The first-order valence-electron chi connectivity index (χ1n) is 6.67. The molecule has 0 spiro atoms. The van der Waals surface area contributed by atoms with Crippen LogP contribution in [0.25, 0.3) is 0 Å². The number of hydrogen-bond acceptors (Lipinski definition) is 2. The zero-order valence-corrected chi connectivity index (χ0v) is 10.7. The first kappa shape index (κ1) is 13.0. The van der Waals surface area contributed by atoms with E-state index in [0.29, 0.717) is 11.6 Å². The second kappa shape index (κ2) is 6.49. The van der Waals surface area contributed by atoms with E-state index in [4.69, 9.17) is 0 Å². The molecule has 2 heteroatoms. The van der Waals surface area contributed by atoms with Gasteiger partial charge in [-0.2, -0.15) is 0 Å². The van der Waals surface area contributed by atoms with E-state index >= 15 is 0 Å². The number of rotatable bonds is 8. The molecule has 2 N–H and O–H groups in total. The first-order valence-corrected chi connectivity index (χ1v) is 6.67. The SMILES string of the molecule is CCC1(NCCCCNC(C)C)CCC1. The molecule has 0 aliphatic heterocycles. The van der Waals surface area contributed by atoms with E-state index < -0.39 is 0 Å². The van der Waals surface area contributed by atoms with Gasteiger partial charge in [-0.1, -0.05) is 20.8 Å². The highest BCUT2D eigenvalue weighted by molar-refractivity contribution is 4.94. The van der Waals surface area contributed by atoms with Crippen molar-refractivity contribution in [2.75, 3.05) is 13.1 Å². The summed E-state index contributed by atoms with van der Waals surface area (Å²) in [4.78, 5) is 0. The molecule has 1 rings (SSSR count).